The lowest BCUT2D eigenvalue weighted by Gasteiger charge is -2.20. The van der Waals surface area contributed by atoms with E-state index in [-0.39, 0.29) is 6.04 Å². The number of rotatable bonds is 6. The maximum Gasteiger partial charge on any atom is 0.269 e. The molecule has 0 aliphatic heterocycles. The second-order valence-corrected chi connectivity index (χ2v) is 5.17. The summed E-state index contributed by atoms with van der Waals surface area (Å²) in [7, 11) is 0. The van der Waals surface area contributed by atoms with Crippen LogP contribution in [0.5, 0.6) is 0 Å². The van der Waals surface area contributed by atoms with E-state index in [0.29, 0.717) is 11.7 Å². The number of hydrogen-bond acceptors (Lipinski definition) is 7. The van der Waals surface area contributed by atoms with Crippen molar-refractivity contribution in [1.29, 1.82) is 0 Å². The van der Waals surface area contributed by atoms with Gasteiger partial charge in [0.05, 0.1) is 17.2 Å². The molecule has 2 aromatic rings. The summed E-state index contributed by atoms with van der Waals surface area (Å²) in [5.74, 6) is 1.06. The van der Waals surface area contributed by atoms with Crippen LogP contribution in [-0.2, 0) is 0 Å². The molecular formula is C12H19N5OS. The first kappa shape index (κ1) is 14.1. The van der Waals surface area contributed by atoms with Crippen molar-refractivity contribution in [1.82, 2.24) is 20.0 Å². The molecular weight excluding hydrogens is 262 g/mol. The summed E-state index contributed by atoms with van der Waals surface area (Å²) in [6, 6.07) is -0.231. The predicted molar refractivity (Wildman–Crippen MR) is 74.9 cm³/mol. The Kier molecular flexibility index (Phi) is 4.62. The molecule has 0 fully saturated rings. The zero-order valence-electron chi connectivity index (χ0n) is 11.5. The van der Waals surface area contributed by atoms with Crippen LogP contribution in [0.2, 0.25) is 0 Å². The van der Waals surface area contributed by atoms with E-state index in [9.17, 15) is 0 Å². The second-order valence-electron chi connectivity index (χ2n) is 4.32. The number of thiazole rings is 1. The first-order chi connectivity index (χ1) is 9.15. The molecule has 0 aliphatic carbocycles. The molecule has 1 unspecified atom stereocenters. The van der Waals surface area contributed by atoms with E-state index in [4.69, 9.17) is 10.3 Å². The number of likely N-dealkylation sites (N-methyl/N-ethyl adjacent to an activating group) is 1. The Morgan fingerprint density at radius 1 is 1.42 bits per heavy atom. The third kappa shape index (κ3) is 3.17. The second kappa shape index (κ2) is 6.23. The van der Waals surface area contributed by atoms with E-state index in [1.54, 1.807) is 5.51 Å². The van der Waals surface area contributed by atoms with Gasteiger partial charge in [-0.1, -0.05) is 19.0 Å². The number of aryl methyl sites for hydroxylation is 1. The summed E-state index contributed by atoms with van der Waals surface area (Å²) in [6.07, 6.45) is 0. The topological polar surface area (TPSA) is 81.1 Å². The van der Waals surface area contributed by atoms with Gasteiger partial charge in [-0.3, -0.25) is 0 Å². The molecule has 2 aromatic heterocycles. The quantitative estimate of drug-likeness (QED) is 0.870. The van der Waals surface area contributed by atoms with Crippen molar-refractivity contribution in [2.75, 3.05) is 19.6 Å². The summed E-state index contributed by atoms with van der Waals surface area (Å²) < 4.78 is 5.27. The summed E-state index contributed by atoms with van der Waals surface area (Å²) in [4.78, 5) is 11.7. The standard InChI is InChI=1S/C12H19N5OS/c1-4-17(5-2)6-9(13)11-15-12(18-16-11)10-8(3)14-7-19-10/h7,9H,4-6,13H2,1-3H3. The highest BCUT2D eigenvalue weighted by molar-refractivity contribution is 7.13. The summed E-state index contributed by atoms with van der Waals surface area (Å²) in [5.41, 5.74) is 8.78. The Balaban J connectivity index is 2.11. The third-order valence-electron chi connectivity index (χ3n) is 3.06. The summed E-state index contributed by atoms with van der Waals surface area (Å²) in [5, 5.41) is 3.98. The van der Waals surface area contributed by atoms with E-state index in [1.165, 1.54) is 11.3 Å². The van der Waals surface area contributed by atoms with Crippen LogP contribution < -0.4 is 5.73 Å². The van der Waals surface area contributed by atoms with Crippen LogP contribution in [0.25, 0.3) is 10.8 Å². The van der Waals surface area contributed by atoms with Crippen molar-refractivity contribution in [3.63, 3.8) is 0 Å². The molecule has 6 nitrogen and oxygen atoms in total. The van der Waals surface area contributed by atoms with Gasteiger partial charge in [0.25, 0.3) is 5.89 Å². The maximum absolute atomic E-state index is 6.11. The molecule has 0 amide bonds. The van der Waals surface area contributed by atoms with Gasteiger partial charge in [0.1, 0.15) is 4.88 Å². The highest BCUT2D eigenvalue weighted by Gasteiger charge is 2.19. The van der Waals surface area contributed by atoms with Crippen LogP contribution in [-0.4, -0.2) is 39.7 Å². The molecule has 0 saturated heterocycles. The Labute approximate surface area is 116 Å². The SMILES string of the molecule is CCN(CC)CC(N)c1noc(-c2scnc2C)n1. The van der Waals surface area contributed by atoms with Crippen LogP contribution in [0, 0.1) is 6.92 Å². The lowest BCUT2D eigenvalue weighted by Crippen LogP contribution is -2.32. The Morgan fingerprint density at radius 3 is 2.74 bits per heavy atom. The minimum Gasteiger partial charge on any atom is -0.333 e. The van der Waals surface area contributed by atoms with Crippen LogP contribution in [0.15, 0.2) is 10.0 Å². The molecule has 0 saturated carbocycles. The van der Waals surface area contributed by atoms with Gasteiger partial charge in [-0.05, 0) is 20.0 Å². The van der Waals surface area contributed by atoms with Gasteiger partial charge >= 0.3 is 0 Å². The summed E-state index contributed by atoms with van der Waals surface area (Å²) >= 11 is 1.49. The van der Waals surface area contributed by atoms with Crippen molar-refractivity contribution in [2.45, 2.75) is 26.8 Å². The molecule has 0 radical (unpaired) electrons. The average Bonchev–Trinajstić information content (AvgIpc) is 3.03. The van der Waals surface area contributed by atoms with E-state index in [2.05, 4.69) is 33.9 Å². The molecule has 0 aromatic carbocycles. The Hall–Kier alpha value is -1.31. The Bertz CT molecular complexity index is 520. The highest BCUT2D eigenvalue weighted by atomic mass is 32.1. The highest BCUT2D eigenvalue weighted by Crippen LogP contribution is 2.26. The van der Waals surface area contributed by atoms with Crippen molar-refractivity contribution in [3.8, 4) is 10.8 Å². The van der Waals surface area contributed by atoms with Crippen LogP contribution in [0.1, 0.15) is 31.4 Å². The molecule has 19 heavy (non-hydrogen) atoms. The van der Waals surface area contributed by atoms with Gasteiger partial charge in [0, 0.05) is 6.54 Å². The molecule has 2 rings (SSSR count). The molecule has 1 atom stereocenters. The van der Waals surface area contributed by atoms with Crippen molar-refractivity contribution < 1.29 is 4.52 Å². The van der Waals surface area contributed by atoms with E-state index < -0.39 is 0 Å². The molecule has 0 spiro atoms. The fourth-order valence-electron chi connectivity index (χ4n) is 1.83. The van der Waals surface area contributed by atoms with Crippen molar-refractivity contribution in [2.24, 2.45) is 5.73 Å². The fraction of sp³-hybridized carbons (Fsp3) is 0.583. The lowest BCUT2D eigenvalue weighted by molar-refractivity contribution is 0.278. The molecule has 2 N–H and O–H groups in total. The Morgan fingerprint density at radius 2 is 2.16 bits per heavy atom. The maximum atomic E-state index is 6.11. The minimum atomic E-state index is -0.231. The van der Waals surface area contributed by atoms with Gasteiger partial charge < -0.3 is 15.2 Å². The fourth-order valence-corrected chi connectivity index (χ4v) is 2.55. The molecule has 0 aliphatic rings. The van der Waals surface area contributed by atoms with E-state index in [0.717, 1.165) is 30.2 Å². The number of nitrogens with zero attached hydrogens (tertiary/aromatic N) is 4. The lowest BCUT2D eigenvalue weighted by atomic mass is 10.2. The zero-order chi connectivity index (χ0) is 13.8. The van der Waals surface area contributed by atoms with E-state index >= 15 is 0 Å². The largest absolute Gasteiger partial charge is 0.333 e. The van der Waals surface area contributed by atoms with Crippen LogP contribution in [0.3, 0.4) is 0 Å². The van der Waals surface area contributed by atoms with Gasteiger partial charge in [-0.25, -0.2) is 4.98 Å². The smallest absolute Gasteiger partial charge is 0.269 e. The first-order valence-corrected chi connectivity index (χ1v) is 7.25. The predicted octanol–water partition coefficient (Wildman–Crippen LogP) is 1.84. The average molecular weight is 281 g/mol. The van der Waals surface area contributed by atoms with Crippen molar-refractivity contribution in [3.05, 3.63) is 17.0 Å². The monoisotopic (exact) mass is 281 g/mol. The molecule has 2 heterocycles. The first-order valence-electron chi connectivity index (χ1n) is 6.37. The third-order valence-corrected chi connectivity index (χ3v) is 3.98. The number of nitrogens with two attached hydrogens (primary N) is 1. The van der Waals surface area contributed by atoms with Gasteiger partial charge in [-0.2, -0.15) is 4.98 Å². The van der Waals surface area contributed by atoms with Crippen LogP contribution >= 0.6 is 11.3 Å². The zero-order valence-corrected chi connectivity index (χ0v) is 12.3. The van der Waals surface area contributed by atoms with E-state index in [1.807, 2.05) is 6.92 Å². The van der Waals surface area contributed by atoms with Gasteiger partial charge in [0.2, 0.25) is 0 Å². The summed E-state index contributed by atoms with van der Waals surface area (Å²) in [6.45, 7) is 8.79. The normalized spacial score (nSPS) is 13.1. The molecule has 0 bridgehead atoms. The minimum absolute atomic E-state index is 0.231. The van der Waals surface area contributed by atoms with Crippen LogP contribution in [0.4, 0.5) is 0 Å². The molecule has 7 heteroatoms. The number of aromatic nitrogens is 3. The number of hydrogen-bond donors (Lipinski definition) is 1. The molecule has 104 valence electrons. The van der Waals surface area contributed by atoms with Gasteiger partial charge in [-0.15, -0.1) is 11.3 Å². The van der Waals surface area contributed by atoms with Gasteiger partial charge in [0.15, 0.2) is 5.82 Å². The van der Waals surface area contributed by atoms with Crippen molar-refractivity contribution >= 4 is 11.3 Å².